The summed E-state index contributed by atoms with van der Waals surface area (Å²) in [5, 5.41) is 9.94. The van der Waals surface area contributed by atoms with Gasteiger partial charge in [-0.3, -0.25) is 0 Å². The van der Waals surface area contributed by atoms with E-state index < -0.39 is 6.89 Å². The van der Waals surface area contributed by atoms with Gasteiger partial charge in [-0.2, -0.15) is 5.26 Å². The van der Waals surface area contributed by atoms with Crippen molar-refractivity contribution in [3.8, 4) is 6.07 Å². The molecule has 1 rings (SSSR count). The molecule has 0 aromatic carbocycles. The van der Waals surface area contributed by atoms with Crippen LogP contribution in [0.15, 0.2) is 0 Å². The molecule has 1 aliphatic heterocycles. The van der Waals surface area contributed by atoms with E-state index in [0.29, 0.717) is 5.16 Å². The van der Waals surface area contributed by atoms with E-state index in [1.54, 1.807) is 0 Å². The van der Waals surface area contributed by atoms with Crippen LogP contribution < -0.4 is 0 Å². The first-order valence-corrected chi connectivity index (χ1v) is 11.0. The fraction of sp³-hybridized carbons (Fsp3) is 0.889. The van der Waals surface area contributed by atoms with Crippen molar-refractivity contribution < 1.29 is 0 Å². The molecule has 1 heterocycles. The molecule has 0 aromatic heterocycles. The maximum Gasteiger partial charge on any atom is 0.0913 e. The Morgan fingerprint density at radius 2 is 1.65 bits per heavy atom. The van der Waals surface area contributed by atoms with Crippen LogP contribution >= 0.6 is 6.89 Å². The minimum absolute atomic E-state index is 0.546. The van der Waals surface area contributed by atoms with E-state index in [-0.39, 0.29) is 0 Å². The number of rotatable bonds is 9. The van der Waals surface area contributed by atoms with Crippen LogP contribution in [0.4, 0.5) is 0 Å². The van der Waals surface area contributed by atoms with Crippen molar-refractivity contribution >= 4 is 12.7 Å². The van der Waals surface area contributed by atoms with Crippen LogP contribution in [0.2, 0.25) is 0 Å². The quantitative estimate of drug-likeness (QED) is 0.475. The maximum atomic E-state index is 9.40. The molecule has 1 fully saturated rings. The van der Waals surface area contributed by atoms with Gasteiger partial charge in [0.25, 0.3) is 0 Å². The van der Waals surface area contributed by atoms with Gasteiger partial charge in [-0.25, -0.2) is 0 Å². The first-order chi connectivity index (χ1) is 9.70. The predicted molar refractivity (Wildman–Crippen MR) is 94.3 cm³/mol. The molecule has 20 heavy (non-hydrogen) atoms. The standard InChI is InChI=1S/C18H34NP/c1-4-7-11-18(12-8-5-2)13-10-16-20(18,17-14-19)15-9-6-3/h17H,4-13,15-16H2,1-3H3. The average Bonchev–Trinajstić information content (AvgIpc) is 2.80. The van der Waals surface area contributed by atoms with Crippen LogP contribution in [0.3, 0.4) is 0 Å². The number of hydrogen-bond donors (Lipinski definition) is 0. The summed E-state index contributed by atoms with van der Waals surface area (Å²) in [4.78, 5) is 0. The van der Waals surface area contributed by atoms with Gasteiger partial charge in [0.15, 0.2) is 0 Å². The van der Waals surface area contributed by atoms with E-state index in [9.17, 15) is 5.26 Å². The average molecular weight is 295 g/mol. The van der Waals surface area contributed by atoms with Gasteiger partial charge in [-0.15, -0.1) is 0 Å². The van der Waals surface area contributed by atoms with E-state index in [1.165, 1.54) is 76.5 Å². The Morgan fingerprint density at radius 1 is 1.05 bits per heavy atom. The van der Waals surface area contributed by atoms with Gasteiger partial charge in [0.2, 0.25) is 0 Å². The topological polar surface area (TPSA) is 23.8 Å². The van der Waals surface area contributed by atoms with Gasteiger partial charge in [-0.05, 0) is 49.6 Å². The molecule has 0 aromatic rings. The summed E-state index contributed by atoms with van der Waals surface area (Å²) < 4.78 is 0. The molecule has 1 unspecified atom stereocenters. The Bertz CT molecular complexity index is 356. The first-order valence-electron chi connectivity index (χ1n) is 8.81. The molecule has 0 N–H and O–H groups in total. The fourth-order valence-corrected chi connectivity index (χ4v) is 9.49. The van der Waals surface area contributed by atoms with Gasteiger partial charge < -0.3 is 0 Å². The molecular formula is C18H34NP. The molecule has 0 bridgehead atoms. The number of nitrogens with zero attached hydrogens (tertiary/aromatic N) is 1. The van der Waals surface area contributed by atoms with Crippen LogP contribution in [0.5, 0.6) is 0 Å². The number of nitriles is 1. The molecule has 0 amide bonds. The Labute approximate surface area is 127 Å². The molecule has 116 valence electrons. The minimum atomic E-state index is -1.15. The van der Waals surface area contributed by atoms with Crippen molar-refractivity contribution in [2.24, 2.45) is 0 Å². The number of unbranched alkanes of at least 4 members (excludes halogenated alkanes) is 3. The summed E-state index contributed by atoms with van der Waals surface area (Å²) in [6.45, 7) is 5.76. The third kappa shape index (κ3) is 3.92. The Balaban J connectivity index is 3.08. The third-order valence-corrected chi connectivity index (χ3v) is 10.7. The first kappa shape index (κ1) is 17.8. The lowest BCUT2D eigenvalue weighted by Crippen LogP contribution is -2.27. The molecule has 1 atom stereocenters. The van der Waals surface area contributed by atoms with Gasteiger partial charge in [0.05, 0.1) is 6.07 Å². The third-order valence-electron chi connectivity index (χ3n) is 5.35. The highest BCUT2D eigenvalue weighted by Gasteiger charge is 2.45. The summed E-state index contributed by atoms with van der Waals surface area (Å²) in [5.41, 5.74) is 0. The molecule has 0 aliphatic carbocycles. The van der Waals surface area contributed by atoms with Crippen LogP contribution in [-0.4, -0.2) is 23.3 Å². The smallest absolute Gasteiger partial charge is 0.0913 e. The van der Waals surface area contributed by atoms with E-state index in [1.807, 2.05) is 0 Å². The summed E-state index contributed by atoms with van der Waals surface area (Å²) in [7, 11) is 0. The number of hydrogen-bond acceptors (Lipinski definition) is 1. The predicted octanol–water partition coefficient (Wildman–Crippen LogP) is 6.04. The molecular weight excluding hydrogens is 261 g/mol. The van der Waals surface area contributed by atoms with Crippen molar-refractivity contribution in [1.29, 1.82) is 5.26 Å². The van der Waals surface area contributed by atoms with Crippen LogP contribution in [0.25, 0.3) is 0 Å². The van der Waals surface area contributed by atoms with E-state index in [2.05, 4.69) is 32.6 Å². The van der Waals surface area contributed by atoms with Crippen LogP contribution in [-0.2, 0) is 0 Å². The lowest BCUT2D eigenvalue weighted by molar-refractivity contribution is 0.442. The van der Waals surface area contributed by atoms with Crippen molar-refractivity contribution in [1.82, 2.24) is 0 Å². The van der Waals surface area contributed by atoms with Crippen molar-refractivity contribution in [2.45, 2.75) is 90.1 Å². The second-order valence-corrected chi connectivity index (χ2v) is 10.8. The normalized spacial score (nSPS) is 24.5. The second kappa shape index (κ2) is 8.94. The fourth-order valence-electron chi connectivity index (χ4n) is 4.15. The van der Waals surface area contributed by atoms with Crippen LogP contribution in [0, 0.1) is 11.3 Å². The molecule has 1 aliphatic rings. The van der Waals surface area contributed by atoms with Gasteiger partial charge in [0.1, 0.15) is 0 Å². The largest absolute Gasteiger partial charge is 0.193 e. The summed E-state index contributed by atoms with van der Waals surface area (Å²) >= 11 is 0. The van der Waals surface area contributed by atoms with Crippen molar-refractivity contribution in [3.63, 3.8) is 0 Å². The van der Waals surface area contributed by atoms with Gasteiger partial charge in [0, 0.05) is 5.80 Å². The van der Waals surface area contributed by atoms with E-state index >= 15 is 0 Å². The molecule has 1 nitrogen and oxygen atoms in total. The lowest BCUT2D eigenvalue weighted by atomic mass is 9.91. The van der Waals surface area contributed by atoms with Crippen molar-refractivity contribution in [2.75, 3.05) is 12.3 Å². The Morgan fingerprint density at radius 3 is 2.15 bits per heavy atom. The molecule has 1 saturated heterocycles. The summed E-state index contributed by atoms with van der Waals surface area (Å²) in [6, 6.07) is 2.49. The minimum Gasteiger partial charge on any atom is -0.193 e. The zero-order valence-corrected chi connectivity index (χ0v) is 14.9. The zero-order valence-electron chi connectivity index (χ0n) is 14.0. The highest BCUT2D eigenvalue weighted by molar-refractivity contribution is 7.77. The Hall–Kier alpha value is -0.210. The Kier molecular flexibility index (Phi) is 7.98. The molecule has 0 saturated carbocycles. The SMILES string of the molecule is CCCCC1(CCCC)CCCP1(=CC#N)CCCC. The van der Waals surface area contributed by atoms with Crippen LogP contribution in [0.1, 0.15) is 85.0 Å². The molecule has 0 spiro atoms. The highest BCUT2D eigenvalue weighted by atomic mass is 31.2. The van der Waals surface area contributed by atoms with E-state index in [0.717, 1.165) is 0 Å². The van der Waals surface area contributed by atoms with E-state index in [4.69, 9.17) is 0 Å². The van der Waals surface area contributed by atoms with Gasteiger partial charge in [-0.1, -0.05) is 59.8 Å². The lowest BCUT2D eigenvalue weighted by Gasteiger charge is -2.42. The summed E-state index contributed by atoms with van der Waals surface area (Å²) in [5.74, 6) is 2.17. The molecule has 2 heteroatoms. The maximum absolute atomic E-state index is 9.40. The van der Waals surface area contributed by atoms with Crippen molar-refractivity contribution in [3.05, 3.63) is 0 Å². The molecule has 0 radical (unpaired) electrons. The monoisotopic (exact) mass is 295 g/mol. The second-order valence-electron chi connectivity index (χ2n) is 6.63. The highest BCUT2D eigenvalue weighted by Crippen LogP contribution is 2.69. The zero-order chi connectivity index (χ0) is 14.9. The van der Waals surface area contributed by atoms with Gasteiger partial charge >= 0.3 is 0 Å². The summed E-state index contributed by atoms with van der Waals surface area (Å²) in [6.07, 6.45) is 16.2.